The third-order valence-electron chi connectivity index (χ3n) is 7.65. The Hall–Kier alpha value is -3.94. The van der Waals surface area contributed by atoms with Crippen molar-refractivity contribution in [2.75, 3.05) is 16.0 Å². The lowest BCUT2D eigenvalue weighted by molar-refractivity contribution is -0.118. The zero-order chi connectivity index (χ0) is 30.2. The number of carbonyl (C=O) groups is 2. The molecular formula is C32H34N6O2S2. The van der Waals surface area contributed by atoms with Gasteiger partial charge in [-0.3, -0.25) is 14.5 Å². The van der Waals surface area contributed by atoms with Gasteiger partial charge in [0.15, 0.2) is 10.1 Å². The molecule has 8 nitrogen and oxygen atoms in total. The van der Waals surface area contributed by atoms with Gasteiger partial charge in [-0.2, -0.15) is 5.26 Å². The van der Waals surface area contributed by atoms with E-state index in [0.29, 0.717) is 39.4 Å². The summed E-state index contributed by atoms with van der Waals surface area (Å²) in [6, 6.07) is 18.0. The second-order valence-electron chi connectivity index (χ2n) is 11.8. The number of amides is 1. The maximum absolute atomic E-state index is 13.8. The number of benzene rings is 2. The lowest BCUT2D eigenvalue weighted by Gasteiger charge is -2.42. The molecule has 1 amide bonds. The quantitative estimate of drug-likeness (QED) is 0.290. The van der Waals surface area contributed by atoms with Gasteiger partial charge in [0.05, 0.1) is 23.3 Å². The highest BCUT2D eigenvalue weighted by Crippen LogP contribution is 2.50. The molecule has 5 rings (SSSR count). The minimum Gasteiger partial charge on any atom is -0.384 e. The summed E-state index contributed by atoms with van der Waals surface area (Å²) >= 11 is 2.56. The number of nitrogens with one attached hydrogen (secondary N) is 1. The zero-order valence-corrected chi connectivity index (χ0v) is 26.0. The van der Waals surface area contributed by atoms with Crippen LogP contribution in [0, 0.1) is 23.7 Å². The van der Waals surface area contributed by atoms with Gasteiger partial charge in [-0.25, -0.2) is 0 Å². The number of carbonyl (C=O) groups excluding carboxylic acids is 2. The van der Waals surface area contributed by atoms with E-state index in [1.165, 1.54) is 28.7 Å². The van der Waals surface area contributed by atoms with Gasteiger partial charge in [0.1, 0.15) is 5.82 Å². The molecule has 3 N–H and O–H groups in total. The molecule has 0 fully saturated rings. The van der Waals surface area contributed by atoms with Crippen molar-refractivity contribution in [3.63, 3.8) is 0 Å². The van der Waals surface area contributed by atoms with Gasteiger partial charge >= 0.3 is 0 Å². The standard InChI is InChI=1S/C32H34N6O2S2/c1-18(2)20-10-12-21(13-11-20)27-22(16-33)29(34)38(24-14-32(4,5)15-25(39)28(24)27)30-36-37-31(42-30)41-17-26(40)35-23-9-7-6-8-19(23)3/h6-13,18,27H,14-15,17,34H2,1-5H3,(H,35,40). The first-order valence-electron chi connectivity index (χ1n) is 13.9. The molecule has 1 aromatic heterocycles. The van der Waals surface area contributed by atoms with Crippen LogP contribution in [-0.4, -0.2) is 27.6 Å². The number of Topliss-reactive ketones (excluding diaryl/α,β-unsaturated/α-hetero) is 1. The maximum atomic E-state index is 13.8. The lowest BCUT2D eigenvalue weighted by atomic mass is 9.68. The van der Waals surface area contributed by atoms with Crippen molar-refractivity contribution >= 4 is 45.6 Å². The van der Waals surface area contributed by atoms with Crippen LogP contribution in [0.4, 0.5) is 10.8 Å². The van der Waals surface area contributed by atoms with E-state index >= 15 is 0 Å². The zero-order valence-electron chi connectivity index (χ0n) is 24.4. The van der Waals surface area contributed by atoms with E-state index in [9.17, 15) is 14.9 Å². The molecule has 0 spiro atoms. The predicted molar refractivity (Wildman–Crippen MR) is 168 cm³/mol. The highest BCUT2D eigenvalue weighted by atomic mass is 32.2. The summed E-state index contributed by atoms with van der Waals surface area (Å²) in [4.78, 5) is 28.1. The van der Waals surface area contributed by atoms with Crippen molar-refractivity contribution in [1.29, 1.82) is 5.26 Å². The highest BCUT2D eigenvalue weighted by Gasteiger charge is 2.45. The number of allylic oxidation sites excluding steroid dienone is 3. The molecule has 2 aromatic carbocycles. The fourth-order valence-electron chi connectivity index (χ4n) is 5.51. The summed E-state index contributed by atoms with van der Waals surface area (Å²) in [6.07, 6.45) is 0.973. The SMILES string of the molecule is Cc1ccccc1NC(=O)CSc1nnc(N2C(N)=C(C#N)C(c3ccc(C(C)C)cc3)C3=C2CC(C)(C)CC3=O)s1. The third-order valence-corrected chi connectivity index (χ3v) is 9.69. The molecule has 1 unspecified atom stereocenters. The van der Waals surface area contributed by atoms with Gasteiger partial charge < -0.3 is 11.1 Å². The molecule has 2 aliphatic rings. The van der Waals surface area contributed by atoms with E-state index in [-0.39, 0.29) is 28.7 Å². The number of rotatable bonds is 7. The Kier molecular flexibility index (Phi) is 8.26. The topological polar surface area (TPSA) is 125 Å². The molecule has 0 saturated heterocycles. The average molecular weight is 599 g/mol. The van der Waals surface area contributed by atoms with Crippen molar-refractivity contribution < 1.29 is 9.59 Å². The van der Waals surface area contributed by atoms with Gasteiger partial charge in [-0.05, 0) is 47.4 Å². The molecule has 0 bridgehead atoms. The first-order valence-corrected chi connectivity index (χ1v) is 15.7. The number of hydrogen-bond donors (Lipinski definition) is 2. The molecule has 216 valence electrons. The Balaban J connectivity index is 1.47. The van der Waals surface area contributed by atoms with Crippen LogP contribution in [-0.2, 0) is 9.59 Å². The lowest BCUT2D eigenvalue weighted by Crippen LogP contribution is -2.42. The fraction of sp³-hybridized carbons (Fsp3) is 0.344. The summed E-state index contributed by atoms with van der Waals surface area (Å²) in [5, 5.41) is 22.4. The summed E-state index contributed by atoms with van der Waals surface area (Å²) in [6.45, 7) is 10.3. The van der Waals surface area contributed by atoms with Crippen molar-refractivity contribution in [1.82, 2.24) is 10.2 Å². The van der Waals surface area contributed by atoms with Crippen LogP contribution in [0.3, 0.4) is 0 Å². The number of anilines is 2. The molecule has 1 atom stereocenters. The van der Waals surface area contributed by atoms with Crippen LogP contribution in [0.1, 0.15) is 69.1 Å². The van der Waals surface area contributed by atoms with Crippen molar-refractivity contribution in [2.45, 2.75) is 63.6 Å². The van der Waals surface area contributed by atoms with Crippen molar-refractivity contribution in [3.05, 3.63) is 87.9 Å². The number of thioether (sulfide) groups is 1. The van der Waals surface area contributed by atoms with E-state index in [4.69, 9.17) is 5.73 Å². The Morgan fingerprint density at radius 2 is 1.90 bits per heavy atom. The van der Waals surface area contributed by atoms with Crippen LogP contribution in [0.25, 0.3) is 0 Å². The summed E-state index contributed by atoms with van der Waals surface area (Å²) in [7, 11) is 0. The number of nitrogens with two attached hydrogens (primary N) is 1. The van der Waals surface area contributed by atoms with E-state index in [1.54, 1.807) is 4.90 Å². The monoisotopic (exact) mass is 598 g/mol. The molecule has 10 heteroatoms. The molecular weight excluding hydrogens is 565 g/mol. The van der Waals surface area contributed by atoms with Gasteiger partial charge in [-0.15, -0.1) is 10.2 Å². The summed E-state index contributed by atoms with van der Waals surface area (Å²) < 4.78 is 0.589. The van der Waals surface area contributed by atoms with Gasteiger partial charge in [-0.1, -0.05) is 93.3 Å². The van der Waals surface area contributed by atoms with Crippen LogP contribution in [0.5, 0.6) is 0 Å². The summed E-state index contributed by atoms with van der Waals surface area (Å²) in [5.41, 5.74) is 11.9. The number of ketones is 1. The van der Waals surface area contributed by atoms with E-state index in [1.807, 2.05) is 43.3 Å². The summed E-state index contributed by atoms with van der Waals surface area (Å²) in [5.74, 6) is 0.0955. The number of nitriles is 1. The molecule has 42 heavy (non-hydrogen) atoms. The third kappa shape index (κ3) is 5.85. The first-order chi connectivity index (χ1) is 20.0. The molecule has 0 saturated carbocycles. The van der Waals surface area contributed by atoms with Crippen LogP contribution in [0.2, 0.25) is 0 Å². The van der Waals surface area contributed by atoms with Crippen molar-refractivity contribution in [3.8, 4) is 6.07 Å². The number of para-hydroxylation sites is 1. The van der Waals surface area contributed by atoms with E-state index in [2.05, 4.69) is 61.4 Å². The normalized spacial score (nSPS) is 18.3. The predicted octanol–water partition coefficient (Wildman–Crippen LogP) is 6.64. The Morgan fingerprint density at radius 1 is 1.19 bits per heavy atom. The van der Waals surface area contributed by atoms with Gasteiger partial charge in [0.2, 0.25) is 11.0 Å². The van der Waals surface area contributed by atoms with Gasteiger partial charge in [0.25, 0.3) is 0 Å². The second kappa shape index (κ2) is 11.7. The smallest absolute Gasteiger partial charge is 0.234 e. The molecule has 1 aliphatic carbocycles. The number of nitrogens with zero attached hydrogens (tertiary/aromatic N) is 4. The first kappa shape index (κ1) is 29.5. The Labute approximate surface area is 254 Å². The molecule has 1 aliphatic heterocycles. The molecule has 2 heterocycles. The maximum Gasteiger partial charge on any atom is 0.234 e. The van der Waals surface area contributed by atoms with E-state index in [0.717, 1.165) is 22.5 Å². The minimum atomic E-state index is -0.544. The largest absolute Gasteiger partial charge is 0.384 e. The van der Waals surface area contributed by atoms with E-state index < -0.39 is 5.92 Å². The molecule has 3 aromatic rings. The minimum absolute atomic E-state index is 0.0106. The second-order valence-corrected chi connectivity index (χ2v) is 14.0. The van der Waals surface area contributed by atoms with Crippen LogP contribution < -0.4 is 16.0 Å². The van der Waals surface area contributed by atoms with Crippen LogP contribution >= 0.6 is 23.1 Å². The van der Waals surface area contributed by atoms with Crippen LogP contribution in [0.15, 0.2) is 75.5 Å². The number of aryl methyl sites for hydroxylation is 1. The average Bonchev–Trinajstić information content (AvgIpc) is 3.40. The number of hydrogen-bond acceptors (Lipinski definition) is 9. The van der Waals surface area contributed by atoms with Gasteiger partial charge in [0, 0.05) is 23.4 Å². The molecule has 0 radical (unpaired) electrons. The number of aromatic nitrogens is 2. The Bertz CT molecular complexity index is 1650. The fourth-order valence-corrected chi connectivity index (χ4v) is 7.19. The Morgan fingerprint density at radius 3 is 2.57 bits per heavy atom. The highest BCUT2D eigenvalue weighted by molar-refractivity contribution is 8.01. The van der Waals surface area contributed by atoms with Crippen molar-refractivity contribution in [2.24, 2.45) is 11.1 Å².